The van der Waals surface area contributed by atoms with E-state index in [1.807, 2.05) is 20.9 Å². The molecule has 0 aromatic rings. The van der Waals surface area contributed by atoms with Crippen LogP contribution in [0.4, 0.5) is 4.39 Å². The van der Waals surface area contributed by atoms with Crippen LogP contribution in [0.25, 0.3) is 0 Å². The number of hydrogen-bond donors (Lipinski definition) is 0. The normalized spacial score (nSPS) is 25.8. The first-order chi connectivity index (χ1) is 4.83. The van der Waals surface area contributed by atoms with Gasteiger partial charge in [0, 0.05) is 12.5 Å². The van der Waals surface area contributed by atoms with Gasteiger partial charge in [0.1, 0.15) is 0 Å². The fraction of sp³-hybridized carbons (Fsp3) is 1.00. The molecule has 1 aliphatic rings. The minimum absolute atomic E-state index is 0.135. The van der Waals surface area contributed by atoms with Crippen molar-refractivity contribution in [3.63, 3.8) is 0 Å². The molecule has 0 aromatic carbocycles. The molecule has 0 saturated carbocycles. The maximum absolute atomic E-state index is 11.8. The van der Waals surface area contributed by atoms with Gasteiger partial charge in [0.2, 0.25) is 0 Å². The Balaban J connectivity index is 0.000000371. The monoisotopic (exact) mass is 147 g/mol. The van der Waals surface area contributed by atoms with Crippen LogP contribution in [0.3, 0.4) is 0 Å². The predicted molar refractivity (Wildman–Crippen MR) is 42.9 cm³/mol. The van der Waals surface area contributed by atoms with Gasteiger partial charge in [-0.05, 0) is 20.0 Å². The summed E-state index contributed by atoms with van der Waals surface area (Å²) in [5, 5.41) is 0. The highest BCUT2D eigenvalue weighted by atomic mass is 19.1. The van der Waals surface area contributed by atoms with Crippen LogP contribution in [0.2, 0.25) is 0 Å². The van der Waals surface area contributed by atoms with Crippen molar-refractivity contribution in [1.82, 2.24) is 4.90 Å². The molecule has 0 amide bonds. The first-order valence-electron chi connectivity index (χ1n) is 4.07. The molecule has 1 fully saturated rings. The van der Waals surface area contributed by atoms with Gasteiger partial charge in [-0.15, -0.1) is 0 Å². The minimum Gasteiger partial charge on any atom is -0.306 e. The Kier molecular flexibility index (Phi) is 5.60. The highest BCUT2D eigenvalue weighted by molar-refractivity contribution is 4.71. The molecule has 0 aliphatic carbocycles. The number of halogens is 1. The van der Waals surface area contributed by atoms with Crippen LogP contribution in [0.1, 0.15) is 20.3 Å². The van der Waals surface area contributed by atoms with Gasteiger partial charge in [-0.2, -0.15) is 0 Å². The second kappa shape index (κ2) is 5.66. The van der Waals surface area contributed by atoms with Gasteiger partial charge in [0.05, 0.1) is 6.67 Å². The van der Waals surface area contributed by atoms with E-state index in [-0.39, 0.29) is 6.67 Å². The predicted octanol–water partition coefficient (Wildman–Crippen LogP) is 1.93. The van der Waals surface area contributed by atoms with Crippen molar-refractivity contribution in [3.8, 4) is 0 Å². The molecule has 10 heavy (non-hydrogen) atoms. The standard InChI is InChI=1S/C6H12FN.C2H6/c1-8-3-2-6(4-7)5-8;1-2/h6H,2-5H2,1H3;1-2H3. The van der Waals surface area contributed by atoms with Crippen molar-refractivity contribution >= 4 is 0 Å². The van der Waals surface area contributed by atoms with Gasteiger partial charge in [-0.3, -0.25) is 4.39 Å². The summed E-state index contributed by atoms with van der Waals surface area (Å²) in [6.45, 7) is 5.90. The van der Waals surface area contributed by atoms with Crippen molar-refractivity contribution < 1.29 is 4.39 Å². The number of alkyl halides is 1. The van der Waals surface area contributed by atoms with Crippen LogP contribution in [0.5, 0.6) is 0 Å². The Bertz CT molecular complexity index is 75.7. The fourth-order valence-electron chi connectivity index (χ4n) is 1.15. The lowest BCUT2D eigenvalue weighted by Gasteiger charge is -2.04. The summed E-state index contributed by atoms with van der Waals surface area (Å²) in [5.41, 5.74) is 0. The van der Waals surface area contributed by atoms with E-state index >= 15 is 0 Å². The van der Waals surface area contributed by atoms with Crippen molar-refractivity contribution in [3.05, 3.63) is 0 Å². The lowest BCUT2D eigenvalue weighted by molar-refractivity contribution is 0.342. The molecular weight excluding hydrogens is 129 g/mol. The van der Waals surface area contributed by atoms with Crippen LogP contribution >= 0.6 is 0 Å². The maximum atomic E-state index is 11.8. The van der Waals surface area contributed by atoms with E-state index in [2.05, 4.69) is 4.90 Å². The van der Waals surface area contributed by atoms with Gasteiger partial charge in [0.15, 0.2) is 0 Å². The summed E-state index contributed by atoms with van der Waals surface area (Å²) in [5.74, 6) is 0.333. The molecule has 0 spiro atoms. The maximum Gasteiger partial charge on any atom is 0.0935 e. The van der Waals surface area contributed by atoms with E-state index in [0.717, 1.165) is 19.5 Å². The van der Waals surface area contributed by atoms with Gasteiger partial charge in [-0.1, -0.05) is 13.8 Å². The van der Waals surface area contributed by atoms with Crippen LogP contribution < -0.4 is 0 Å². The summed E-state index contributed by atoms with van der Waals surface area (Å²) in [6, 6.07) is 0. The average Bonchev–Trinajstić information content (AvgIpc) is 2.40. The van der Waals surface area contributed by atoms with Crippen molar-refractivity contribution in [2.45, 2.75) is 20.3 Å². The SMILES string of the molecule is CC.CN1CCC(CF)C1. The van der Waals surface area contributed by atoms with E-state index in [1.54, 1.807) is 0 Å². The lowest BCUT2D eigenvalue weighted by Crippen LogP contribution is -2.14. The second-order valence-corrected chi connectivity index (χ2v) is 2.57. The molecule has 62 valence electrons. The molecule has 0 radical (unpaired) electrons. The smallest absolute Gasteiger partial charge is 0.0935 e. The highest BCUT2D eigenvalue weighted by Crippen LogP contribution is 2.13. The molecule has 1 atom stereocenters. The van der Waals surface area contributed by atoms with Crippen LogP contribution in [0, 0.1) is 5.92 Å². The molecule has 0 bridgehead atoms. The molecule has 1 unspecified atom stereocenters. The molecule has 1 aliphatic heterocycles. The second-order valence-electron chi connectivity index (χ2n) is 2.57. The quantitative estimate of drug-likeness (QED) is 0.548. The van der Waals surface area contributed by atoms with Gasteiger partial charge in [-0.25, -0.2) is 0 Å². The first-order valence-corrected chi connectivity index (χ1v) is 4.07. The van der Waals surface area contributed by atoms with Crippen molar-refractivity contribution in [1.29, 1.82) is 0 Å². The third kappa shape index (κ3) is 3.16. The number of likely N-dealkylation sites (tertiary alicyclic amines) is 1. The van der Waals surface area contributed by atoms with Crippen LogP contribution in [-0.2, 0) is 0 Å². The third-order valence-electron chi connectivity index (χ3n) is 1.71. The first kappa shape index (κ1) is 9.89. The zero-order valence-corrected chi connectivity index (χ0v) is 7.23. The molecule has 1 nitrogen and oxygen atoms in total. The zero-order valence-electron chi connectivity index (χ0n) is 7.23. The molecular formula is C8H18FN. The van der Waals surface area contributed by atoms with Crippen LogP contribution in [0.15, 0.2) is 0 Å². The lowest BCUT2D eigenvalue weighted by atomic mass is 10.1. The minimum atomic E-state index is -0.135. The van der Waals surface area contributed by atoms with Gasteiger partial charge in [0.25, 0.3) is 0 Å². The summed E-state index contributed by atoms with van der Waals surface area (Å²) in [4.78, 5) is 2.17. The summed E-state index contributed by atoms with van der Waals surface area (Å²) in [6.07, 6.45) is 1.05. The molecule has 0 N–H and O–H groups in total. The molecule has 1 rings (SSSR count). The average molecular weight is 147 g/mol. The molecule has 0 aromatic heterocycles. The summed E-state index contributed by atoms with van der Waals surface area (Å²) >= 11 is 0. The number of nitrogens with zero attached hydrogens (tertiary/aromatic N) is 1. The van der Waals surface area contributed by atoms with E-state index in [4.69, 9.17) is 0 Å². The number of rotatable bonds is 1. The van der Waals surface area contributed by atoms with Gasteiger partial charge >= 0.3 is 0 Å². The highest BCUT2D eigenvalue weighted by Gasteiger charge is 2.18. The Hall–Kier alpha value is -0.110. The fourth-order valence-corrected chi connectivity index (χ4v) is 1.15. The Morgan fingerprint density at radius 1 is 1.50 bits per heavy atom. The van der Waals surface area contributed by atoms with E-state index < -0.39 is 0 Å². The Morgan fingerprint density at radius 3 is 2.30 bits per heavy atom. The number of hydrogen-bond acceptors (Lipinski definition) is 1. The van der Waals surface area contributed by atoms with E-state index in [9.17, 15) is 4.39 Å². The van der Waals surface area contributed by atoms with E-state index in [0.29, 0.717) is 5.92 Å². The largest absolute Gasteiger partial charge is 0.306 e. The third-order valence-corrected chi connectivity index (χ3v) is 1.71. The van der Waals surface area contributed by atoms with E-state index in [1.165, 1.54) is 0 Å². The Morgan fingerprint density at radius 2 is 2.10 bits per heavy atom. The van der Waals surface area contributed by atoms with Crippen molar-refractivity contribution in [2.75, 3.05) is 26.8 Å². The van der Waals surface area contributed by atoms with Crippen LogP contribution in [-0.4, -0.2) is 31.7 Å². The summed E-state index contributed by atoms with van der Waals surface area (Å²) < 4.78 is 11.8. The summed E-state index contributed by atoms with van der Waals surface area (Å²) in [7, 11) is 2.04. The Labute approximate surface area is 63.2 Å². The topological polar surface area (TPSA) is 3.24 Å². The molecule has 2 heteroatoms. The van der Waals surface area contributed by atoms with Crippen molar-refractivity contribution in [2.24, 2.45) is 5.92 Å². The molecule has 1 heterocycles. The zero-order chi connectivity index (χ0) is 7.98. The van der Waals surface area contributed by atoms with Gasteiger partial charge < -0.3 is 4.90 Å². The molecule has 1 saturated heterocycles.